The summed E-state index contributed by atoms with van der Waals surface area (Å²) >= 11 is 0. The molecule has 0 aromatic rings. The fourth-order valence-electron chi connectivity index (χ4n) is 11.7. The molecule has 0 fully saturated rings. The summed E-state index contributed by atoms with van der Waals surface area (Å²) in [5.41, 5.74) is 0. The van der Waals surface area contributed by atoms with Gasteiger partial charge < -0.3 is 33.8 Å². The summed E-state index contributed by atoms with van der Waals surface area (Å²) in [6.07, 6.45) is 51.6. The summed E-state index contributed by atoms with van der Waals surface area (Å²) in [5.74, 6) is 0.914. The van der Waals surface area contributed by atoms with Crippen LogP contribution >= 0.6 is 15.6 Å². The first-order chi connectivity index (χ1) is 46.1. The third-order valence-electron chi connectivity index (χ3n) is 18.2. The van der Waals surface area contributed by atoms with Crippen LogP contribution in [-0.2, 0) is 65.4 Å². The van der Waals surface area contributed by atoms with Gasteiger partial charge in [0.2, 0.25) is 0 Å². The van der Waals surface area contributed by atoms with Crippen molar-refractivity contribution in [1.82, 2.24) is 0 Å². The molecule has 6 atom stereocenters. The van der Waals surface area contributed by atoms with Crippen LogP contribution < -0.4 is 0 Å². The maximum Gasteiger partial charge on any atom is 0.472 e. The van der Waals surface area contributed by atoms with E-state index >= 15 is 0 Å². The number of phosphoric acid groups is 2. The first kappa shape index (κ1) is 94.1. The molecule has 0 spiro atoms. The third-order valence-corrected chi connectivity index (χ3v) is 20.1. The molecule has 0 aromatic heterocycles. The van der Waals surface area contributed by atoms with Gasteiger partial charge in [0.15, 0.2) is 12.2 Å². The normalized spacial score (nSPS) is 14.4. The van der Waals surface area contributed by atoms with Gasteiger partial charge in [-0.25, -0.2) is 9.13 Å². The molecule has 0 bridgehead atoms. The van der Waals surface area contributed by atoms with Gasteiger partial charge in [-0.15, -0.1) is 0 Å². The highest BCUT2D eigenvalue weighted by atomic mass is 31.2. The van der Waals surface area contributed by atoms with Crippen LogP contribution in [0.5, 0.6) is 0 Å². The molecular formula is C77H150O17P2. The highest BCUT2D eigenvalue weighted by molar-refractivity contribution is 7.47. The number of carbonyl (C=O) groups excluding carboxylic acids is 4. The van der Waals surface area contributed by atoms with E-state index in [2.05, 4.69) is 55.4 Å². The summed E-state index contributed by atoms with van der Waals surface area (Å²) in [6, 6.07) is 0. The van der Waals surface area contributed by atoms with Crippen LogP contribution in [0.4, 0.5) is 0 Å². The Labute approximate surface area is 588 Å². The predicted molar refractivity (Wildman–Crippen MR) is 391 cm³/mol. The molecule has 570 valence electrons. The molecule has 3 N–H and O–H groups in total. The molecule has 0 aliphatic heterocycles. The van der Waals surface area contributed by atoms with Crippen molar-refractivity contribution in [1.29, 1.82) is 0 Å². The highest BCUT2D eigenvalue weighted by Crippen LogP contribution is 2.45. The van der Waals surface area contributed by atoms with Gasteiger partial charge in [0.05, 0.1) is 26.4 Å². The molecule has 19 heteroatoms. The van der Waals surface area contributed by atoms with Crippen LogP contribution in [0.1, 0.15) is 389 Å². The number of phosphoric ester groups is 2. The van der Waals surface area contributed by atoms with Gasteiger partial charge in [-0.2, -0.15) is 0 Å². The fraction of sp³-hybridized carbons (Fsp3) is 0.948. The number of aliphatic hydroxyl groups excluding tert-OH is 1. The lowest BCUT2D eigenvalue weighted by molar-refractivity contribution is -0.161. The Kier molecular flexibility index (Phi) is 65.0. The van der Waals surface area contributed by atoms with E-state index in [1.54, 1.807) is 0 Å². The van der Waals surface area contributed by atoms with E-state index in [0.717, 1.165) is 120 Å². The Morgan fingerprint density at radius 3 is 0.740 bits per heavy atom. The second-order valence-corrected chi connectivity index (χ2v) is 32.3. The Hall–Kier alpha value is -1.94. The summed E-state index contributed by atoms with van der Waals surface area (Å²) in [5, 5.41) is 10.6. The molecule has 0 rings (SSSR count). The average Bonchev–Trinajstić information content (AvgIpc) is 1.36. The summed E-state index contributed by atoms with van der Waals surface area (Å²) < 4.78 is 68.5. The number of hydrogen-bond acceptors (Lipinski definition) is 15. The topological polar surface area (TPSA) is 237 Å². The van der Waals surface area contributed by atoms with Crippen LogP contribution in [0.15, 0.2) is 0 Å². The Balaban J connectivity index is 5.19. The molecule has 0 aliphatic rings. The first-order valence-corrected chi connectivity index (χ1v) is 42.7. The van der Waals surface area contributed by atoms with Gasteiger partial charge in [0, 0.05) is 25.7 Å². The van der Waals surface area contributed by atoms with Gasteiger partial charge in [-0.1, -0.05) is 338 Å². The number of aliphatic hydroxyl groups is 1. The molecule has 0 aliphatic carbocycles. The first-order valence-electron chi connectivity index (χ1n) is 39.7. The molecule has 17 nitrogen and oxygen atoms in total. The second kappa shape index (κ2) is 66.3. The van der Waals surface area contributed by atoms with Crippen LogP contribution in [-0.4, -0.2) is 96.7 Å². The van der Waals surface area contributed by atoms with Crippen LogP contribution in [0.3, 0.4) is 0 Å². The van der Waals surface area contributed by atoms with Gasteiger partial charge in [0.25, 0.3) is 0 Å². The number of ether oxygens (including phenoxy) is 4. The van der Waals surface area contributed by atoms with E-state index in [9.17, 15) is 43.2 Å². The quantitative estimate of drug-likeness (QED) is 0.0222. The van der Waals surface area contributed by atoms with Crippen molar-refractivity contribution in [3.63, 3.8) is 0 Å². The smallest absolute Gasteiger partial charge is 0.462 e. The van der Waals surface area contributed by atoms with Crippen molar-refractivity contribution < 1.29 is 80.2 Å². The van der Waals surface area contributed by atoms with Crippen molar-refractivity contribution in [2.45, 2.75) is 408 Å². The standard InChI is InChI=1S/C77H150O17P2/c1-9-70(8)56-48-40-35-36-42-50-58-75(80)88-64-73(94-77(82)60-52-44-34-28-27-31-39-47-55-69(6)7)66-92-96(85,86)90-62-71(78)61-89-95(83,84)91-65-72(93-76(81)59-51-43-33-26-22-18-20-24-30-38-46-54-68(4)5)63-87-74(79)57-49-41-32-25-21-17-15-13-11-10-12-14-16-19-23-29-37-45-53-67(2)3/h67-73,78H,9-66H2,1-8H3,(H,83,84)(H,85,86)/t70?,71-,72-,73-/m1/s1. The van der Waals surface area contributed by atoms with E-state index in [-0.39, 0.29) is 25.7 Å². The minimum Gasteiger partial charge on any atom is -0.462 e. The Morgan fingerprint density at radius 2 is 0.500 bits per heavy atom. The molecule has 0 aromatic carbocycles. The van der Waals surface area contributed by atoms with E-state index in [4.69, 9.17) is 37.0 Å². The molecule has 96 heavy (non-hydrogen) atoms. The molecule has 0 amide bonds. The van der Waals surface area contributed by atoms with Gasteiger partial charge in [-0.3, -0.25) is 37.3 Å². The summed E-state index contributed by atoms with van der Waals surface area (Å²) in [4.78, 5) is 72.8. The molecule has 3 unspecified atom stereocenters. The summed E-state index contributed by atoms with van der Waals surface area (Å²) in [6.45, 7) is 14.2. The monoisotopic (exact) mass is 1410 g/mol. The number of rotatable bonds is 74. The summed E-state index contributed by atoms with van der Waals surface area (Å²) in [7, 11) is -9.91. The lowest BCUT2D eigenvalue weighted by Crippen LogP contribution is -2.30. The molecular weight excluding hydrogens is 1260 g/mol. The van der Waals surface area contributed by atoms with Gasteiger partial charge >= 0.3 is 39.5 Å². The zero-order valence-corrected chi connectivity index (χ0v) is 64.8. The number of unbranched alkanes of at least 4 members (excludes halogenated alkanes) is 39. The number of esters is 4. The minimum absolute atomic E-state index is 0.103. The number of carbonyl (C=O) groups is 4. The highest BCUT2D eigenvalue weighted by Gasteiger charge is 2.30. The number of hydrogen-bond donors (Lipinski definition) is 3. The SMILES string of the molecule is CCC(C)CCCCCCCCC(=O)OC[C@H](COP(=O)(O)OC[C@H](O)COP(=O)(O)OC[C@@H](COC(=O)CCCCCCCCCCCCCCCCCCCCC(C)C)OC(=O)CCCCCCCCCCCCCC(C)C)OC(=O)CCCCCCCCCCC(C)C. The van der Waals surface area contributed by atoms with Crippen molar-refractivity contribution in [3.8, 4) is 0 Å². The molecule has 0 heterocycles. The lowest BCUT2D eigenvalue weighted by atomic mass is 10.00. The van der Waals surface area contributed by atoms with E-state index in [1.807, 2.05) is 0 Å². The van der Waals surface area contributed by atoms with Crippen molar-refractivity contribution in [2.75, 3.05) is 39.6 Å². The second-order valence-electron chi connectivity index (χ2n) is 29.4. The molecule has 0 saturated heterocycles. The average molecular weight is 1410 g/mol. The van der Waals surface area contributed by atoms with Gasteiger partial charge in [0.1, 0.15) is 19.3 Å². The predicted octanol–water partition coefficient (Wildman–Crippen LogP) is 22.4. The zero-order chi connectivity index (χ0) is 71.0. The fourth-order valence-corrected chi connectivity index (χ4v) is 13.3. The lowest BCUT2D eigenvalue weighted by Gasteiger charge is -2.21. The van der Waals surface area contributed by atoms with Crippen molar-refractivity contribution in [3.05, 3.63) is 0 Å². The molecule has 0 saturated carbocycles. The minimum atomic E-state index is -4.96. The van der Waals surface area contributed by atoms with Crippen LogP contribution in [0.2, 0.25) is 0 Å². The van der Waals surface area contributed by atoms with Crippen molar-refractivity contribution in [2.24, 2.45) is 23.7 Å². The van der Waals surface area contributed by atoms with Gasteiger partial charge in [-0.05, 0) is 49.4 Å². The maximum atomic E-state index is 13.1. The van der Waals surface area contributed by atoms with E-state index < -0.39 is 97.5 Å². The molecule has 0 radical (unpaired) electrons. The third kappa shape index (κ3) is 69.2. The Morgan fingerprint density at radius 1 is 0.292 bits per heavy atom. The van der Waals surface area contributed by atoms with Crippen LogP contribution in [0.25, 0.3) is 0 Å². The van der Waals surface area contributed by atoms with E-state index in [0.29, 0.717) is 25.7 Å². The zero-order valence-electron chi connectivity index (χ0n) is 63.0. The van der Waals surface area contributed by atoms with Crippen LogP contribution in [0, 0.1) is 23.7 Å². The maximum absolute atomic E-state index is 13.1. The van der Waals surface area contributed by atoms with Crippen molar-refractivity contribution >= 4 is 39.5 Å². The Bertz CT molecular complexity index is 1890. The largest absolute Gasteiger partial charge is 0.472 e. The van der Waals surface area contributed by atoms with E-state index in [1.165, 1.54) is 186 Å².